The third-order valence-corrected chi connectivity index (χ3v) is 6.04. The Morgan fingerprint density at radius 1 is 1.09 bits per heavy atom. The molecule has 8 nitrogen and oxygen atoms in total. The van der Waals surface area contributed by atoms with E-state index >= 15 is 0 Å². The molecule has 0 bridgehead atoms. The lowest BCUT2D eigenvalue weighted by molar-refractivity contribution is -0.174. The molecular weight excluding hydrogens is 451 g/mol. The molecular formula is C23H28F3N5O3. The summed E-state index contributed by atoms with van der Waals surface area (Å²) in [5.41, 5.74) is 1.99. The van der Waals surface area contributed by atoms with Gasteiger partial charge in [0.2, 0.25) is 11.8 Å². The fourth-order valence-electron chi connectivity index (χ4n) is 4.13. The average molecular weight is 480 g/mol. The lowest BCUT2D eigenvalue weighted by Crippen LogP contribution is -2.44. The van der Waals surface area contributed by atoms with Gasteiger partial charge in [-0.3, -0.25) is 4.79 Å². The van der Waals surface area contributed by atoms with Gasteiger partial charge in [0.15, 0.2) is 0 Å². The van der Waals surface area contributed by atoms with Gasteiger partial charge in [-0.15, -0.1) is 0 Å². The molecule has 1 aliphatic heterocycles. The molecule has 2 aliphatic rings. The average Bonchev–Trinajstić information content (AvgIpc) is 2.84. The van der Waals surface area contributed by atoms with Crippen molar-refractivity contribution < 1.29 is 27.4 Å². The topological polar surface area (TPSA) is 88.6 Å². The predicted octanol–water partition coefficient (Wildman–Crippen LogP) is 3.67. The monoisotopic (exact) mass is 479 g/mol. The van der Waals surface area contributed by atoms with Crippen LogP contribution in [-0.4, -0.2) is 61.0 Å². The van der Waals surface area contributed by atoms with Gasteiger partial charge in [-0.2, -0.15) is 18.2 Å². The van der Waals surface area contributed by atoms with Crippen molar-refractivity contribution in [3.05, 3.63) is 36.5 Å². The number of carbonyl (C=O) groups is 1. The number of carbonyl (C=O) groups excluding carboxylic acids is 1. The lowest BCUT2D eigenvalue weighted by Gasteiger charge is -2.29. The van der Waals surface area contributed by atoms with Crippen LogP contribution in [-0.2, 0) is 9.53 Å². The second-order valence-corrected chi connectivity index (χ2v) is 8.49. The van der Waals surface area contributed by atoms with Crippen molar-refractivity contribution in [1.29, 1.82) is 0 Å². The van der Waals surface area contributed by atoms with Gasteiger partial charge >= 0.3 is 12.1 Å². The summed E-state index contributed by atoms with van der Waals surface area (Å²) in [4.78, 5) is 22.0. The Morgan fingerprint density at radius 2 is 1.79 bits per heavy atom. The standard InChI is InChI=1S/C23H28F3N5O3/c24-23(25,26)21(32)28-17-3-1-16(2-4-17)15-34-20-9-10-27-22(30-20)29-18-5-7-19(8-6-18)31-11-13-33-14-12-31/h5-10,16-17H,1-4,11-15H2,(H,28,32)(H,27,29,30)/t16-,17-. The van der Waals surface area contributed by atoms with Crippen molar-refractivity contribution in [3.8, 4) is 5.88 Å². The van der Waals surface area contributed by atoms with Crippen LogP contribution in [0.4, 0.5) is 30.5 Å². The number of nitrogens with one attached hydrogen (secondary N) is 2. The highest BCUT2D eigenvalue weighted by atomic mass is 19.4. The molecule has 184 valence electrons. The van der Waals surface area contributed by atoms with E-state index in [-0.39, 0.29) is 5.92 Å². The molecule has 1 amide bonds. The highest BCUT2D eigenvalue weighted by molar-refractivity contribution is 5.81. The number of nitrogens with zero attached hydrogens (tertiary/aromatic N) is 3. The normalized spacial score (nSPS) is 21.1. The summed E-state index contributed by atoms with van der Waals surface area (Å²) in [6, 6.07) is 9.25. The number of hydrogen-bond acceptors (Lipinski definition) is 7. The summed E-state index contributed by atoms with van der Waals surface area (Å²) >= 11 is 0. The molecule has 1 saturated heterocycles. The first-order chi connectivity index (χ1) is 16.4. The van der Waals surface area contributed by atoms with E-state index in [1.54, 1.807) is 12.3 Å². The van der Waals surface area contributed by atoms with Crippen LogP contribution < -0.4 is 20.3 Å². The summed E-state index contributed by atoms with van der Waals surface area (Å²) in [5, 5.41) is 5.23. The Bertz CT molecular complexity index is 944. The summed E-state index contributed by atoms with van der Waals surface area (Å²) in [6.07, 6.45) is -0.900. The zero-order valence-corrected chi connectivity index (χ0v) is 18.7. The molecule has 0 radical (unpaired) electrons. The number of ether oxygens (including phenoxy) is 2. The van der Waals surface area contributed by atoms with Gasteiger partial charge in [-0.05, 0) is 55.9 Å². The third kappa shape index (κ3) is 6.72. The second kappa shape index (κ2) is 10.9. The molecule has 34 heavy (non-hydrogen) atoms. The van der Waals surface area contributed by atoms with Crippen LogP contribution in [0.15, 0.2) is 36.5 Å². The van der Waals surface area contributed by atoms with Crippen molar-refractivity contribution in [1.82, 2.24) is 15.3 Å². The fourth-order valence-corrected chi connectivity index (χ4v) is 4.13. The number of benzene rings is 1. The highest BCUT2D eigenvalue weighted by Crippen LogP contribution is 2.27. The van der Waals surface area contributed by atoms with E-state index in [1.165, 1.54) is 0 Å². The molecule has 1 saturated carbocycles. The Hall–Kier alpha value is -3.08. The SMILES string of the molecule is O=C(N[C@H]1CC[C@H](COc2ccnc(Nc3ccc(N4CCOCC4)cc3)n2)CC1)C(F)(F)F. The molecule has 2 fully saturated rings. The minimum Gasteiger partial charge on any atom is -0.477 e. The van der Waals surface area contributed by atoms with Crippen molar-refractivity contribution in [2.24, 2.45) is 5.92 Å². The van der Waals surface area contributed by atoms with E-state index in [0.717, 1.165) is 37.7 Å². The lowest BCUT2D eigenvalue weighted by atomic mass is 9.86. The molecule has 4 rings (SSSR count). The molecule has 0 spiro atoms. The molecule has 11 heteroatoms. The van der Waals surface area contributed by atoms with Crippen LogP contribution in [0.1, 0.15) is 25.7 Å². The number of morpholine rings is 1. The quantitative estimate of drug-likeness (QED) is 0.627. The number of hydrogen-bond donors (Lipinski definition) is 2. The predicted molar refractivity (Wildman–Crippen MR) is 120 cm³/mol. The van der Waals surface area contributed by atoms with Crippen LogP contribution in [0.3, 0.4) is 0 Å². The molecule has 2 heterocycles. The zero-order valence-electron chi connectivity index (χ0n) is 18.7. The van der Waals surface area contributed by atoms with Crippen molar-refractivity contribution in [2.75, 3.05) is 43.1 Å². The maximum atomic E-state index is 12.4. The first kappa shape index (κ1) is 24.1. The second-order valence-electron chi connectivity index (χ2n) is 8.49. The van der Waals surface area contributed by atoms with Crippen LogP contribution >= 0.6 is 0 Å². The molecule has 2 N–H and O–H groups in total. The Morgan fingerprint density at radius 3 is 2.47 bits per heavy atom. The number of alkyl halides is 3. The minimum atomic E-state index is -4.84. The van der Waals surface area contributed by atoms with Gasteiger partial charge in [0, 0.05) is 42.8 Å². The number of amides is 1. The maximum Gasteiger partial charge on any atom is 0.471 e. The fraction of sp³-hybridized carbons (Fsp3) is 0.522. The number of aromatic nitrogens is 2. The molecule has 0 unspecified atom stereocenters. The van der Waals surface area contributed by atoms with Gasteiger partial charge in [0.1, 0.15) is 0 Å². The van der Waals surface area contributed by atoms with Gasteiger partial charge in [-0.1, -0.05) is 0 Å². The van der Waals surface area contributed by atoms with E-state index in [4.69, 9.17) is 9.47 Å². The Kier molecular flexibility index (Phi) is 7.71. The summed E-state index contributed by atoms with van der Waals surface area (Å²) in [6.45, 7) is 3.62. The Labute approximate surface area is 195 Å². The third-order valence-electron chi connectivity index (χ3n) is 6.04. The van der Waals surface area contributed by atoms with Crippen LogP contribution in [0.2, 0.25) is 0 Å². The van der Waals surface area contributed by atoms with Gasteiger partial charge < -0.3 is 25.0 Å². The number of halogens is 3. The number of anilines is 3. The first-order valence-electron chi connectivity index (χ1n) is 11.4. The molecule has 2 aromatic rings. The summed E-state index contributed by atoms with van der Waals surface area (Å²) in [5.74, 6) is -0.841. The van der Waals surface area contributed by atoms with E-state index in [9.17, 15) is 18.0 Å². The molecule has 0 atom stereocenters. The smallest absolute Gasteiger partial charge is 0.471 e. The zero-order chi connectivity index (χ0) is 24.0. The first-order valence-corrected chi connectivity index (χ1v) is 11.4. The van der Waals surface area contributed by atoms with E-state index in [0.29, 0.717) is 44.1 Å². The van der Waals surface area contributed by atoms with E-state index < -0.39 is 18.1 Å². The number of rotatable bonds is 7. The summed E-state index contributed by atoms with van der Waals surface area (Å²) in [7, 11) is 0. The van der Waals surface area contributed by atoms with E-state index in [2.05, 4.69) is 25.5 Å². The molecule has 1 aliphatic carbocycles. The van der Waals surface area contributed by atoms with Gasteiger partial charge in [-0.25, -0.2) is 4.98 Å². The molecule has 1 aromatic heterocycles. The minimum absolute atomic E-state index is 0.193. The highest BCUT2D eigenvalue weighted by Gasteiger charge is 2.40. The van der Waals surface area contributed by atoms with Crippen LogP contribution in [0, 0.1) is 5.92 Å². The van der Waals surface area contributed by atoms with Crippen molar-refractivity contribution in [2.45, 2.75) is 37.9 Å². The van der Waals surface area contributed by atoms with Crippen molar-refractivity contribution in [3.63, 3.8) is 0 Å². The maximum absolute atomic E-state index is 12.4. The van der Waals surface area contributed by atoms with E-state index in [1.807, 2.05) is 24.3 Å². The van der Waals surface area contributed by atoms with Crippen molar-refractivity contribution >= 4 is 23.2 Å². The van der Waals surface area contributed by atoms with Gasteiger partial charge in [0.05, 0.1) is 19.8 Å². The summed E-state index contributed by atoms with van der Waals surface area (Å²) < 4.78 is 48.4. The Balaban J connectivity index is 1.23. The van der Waals surface area contributed by atoms with Gasteiger partial charge in [0.25, 0.3) is 0 Å². The van der Waals surface area contributed by atoms with Crippen LogP contribution in [0.25, 0.3) is 0 Å². The van der Waals surface area contributed by atoms with Crippen LogP contribution in [0.5, 0.6) is 5.88 Å². The largest absolute Gasteiger partial charge is 0.477 e. The molecule has 1 aromatic carbocycles.